The van der Waals surface area contributed by atoms with Crippen LogP contribution in [0.4, 0.5) is 0 Å². The molecule has 19 heavy (non-hydrogen) atoms. The summed E-state index contributed by atoms with van der Waals surface area (Å²) < 4.78 is 0. The van der Waals surface area contributed by atoms with Crippen molar-refractivity contribution in [2.45, 2.75) is 56.4 Å². The zero-order valence-electron chi connectivity index (χ0n) is 11.7. The molecule has 2 fully saturated rings. The molecule has 1 heterocycles. The maximum Gasteiger partial charge on any atom is 0.0409 e. The Balaban J connectivity index is 1.82. The highest BCUT2D eigenvalue weighted by Gasteiger charge is 2.29. The maximum absolute atomic E-state index is 6.67. The first-order valence-electron chi connectivity index (χ1n) is 7.75. The fraction of sp³-hybridized carbons (Fsp3) is 0.647. The second-order valence-corrected chi connectivity index (χ2v) is 7.45. The molecule has 1 aromatic carbocycles. The minimum atomic E-state index is -0.0440. The first kappa shape index (κ1) is 13.5. The van der Waals surface area contributed by atoms with Crippen molar-refractivity contribution in [1.29, 1.82) is 0 Å². The summed E-state index contributed by atoms with van der Waals surface area (Å²) in [5.74, 6) is 3.42. The van der Waals surface area contributed by atoms with Crippen LogP contribution in [-0.2, 0) is 5.54 Å². The molecule has 0 atom stereocenters. The van der Waals surface area contributed by atoms with Gasteiger partial charge in [0.25, 0.3) is 0 Å². The van der Waals surface area contributed by atoms with Crippen LogP contribution in [0.1, 0.15) is 62.0 Å². The minimum Gasteiger partial charge on any atom is -0.321 e. The molecule has 1 saturated heterocycles. The molecule has 0 bridgehead atoms. The first-order valence-corrected chi connectivity index (χ1v) is 8.90. The van der Waals surface area contributed by atoms with Crippen molar-refractivity contribution in [2.24, 2.45) is 5.73 Å². The zero-order chi connectivity index (χ0) is 13.1. The number of nitrogens with two attached hydrogens (primary N) is 1. The summed E-state index contributed by atoms with van der Waals surface area (Å²) in [5, 5.41) is 0. The molecule has 104 valence electrons. The van der Waals surface area contributed by atoms with Gasteiger partial charge < -0.3 is 5.73 Å². The molecule has 0 amide bonds. The molecule has 0 radical (unpaired) electrons. The van der Waals surface area contributed by atoms with E-state index in [0.29, 0.717) is 0 Å². The van der Waals surface area contributed by atoms with Gasteiger partial charge in [0.15, 0.2) is 0 Å². The van der Waals surface area contributed by atoms with E-state index in [1.54, 1.807) is 0 Å². The second-order valence-electron chi connectivity index (χ2n) is 6.23. The Hall–Kier alpha value is -0.470. The molecule has 0 spiro atoms. The molecular formula is C17H25NS. The summed E-state index contributed by atoms with van der Waals surface area (Å²) in [6.07, 6.45) is 8.95. The SMILES string of the molecule is NC1(c2cccc(C3CCSCC3)c2)CCCCC1. The molecule has 1 aromatic rings. The van der Waals surface area contributed by atoms with Gasteiger partial charge in [0.2, 0.25) is 0 Å². The van der Waals surface area contributed by atoms with Crippen molar-refractivity contribution < 1.29 is 0 Å². The molecular weight excluding hydrogens is 250 g/mol. The van der Waals surface area contributed by atoms with E-state index in [1.165, 1.54) is 54.7 Å². The number of benzene rings is 1. The molecule has 2 heteroatoms. The molecule has 1 aliphatic carbocycles. The molecule has 1 saturated carbocycles. The van der Waals surface area contributed by atoms with Crippen LogP contribution in [-0.4, -0.2) is 11.5 Å². The number of hydrogen-bond donors (Lipinski definition) is 1. The van der Waals surface area contributed by atoms with Crippen molar-refractivity contribution in [1.82, 2.24) is 0 Å². The van der Waals surface area contributed by atoms with Crippen LogP contribution in [0.3, 0.4) is 0 Å². The summed E-state index contributed by atoms with van der Waals surface area (Å²) in [6.45, 7) is 0. The van der Waals surface area contributed by atoms with Gasteiger partial charge in [0, 0.05) is 5.54 Å². The van der Waals surface area contributed by atoms with Gasteiger partial charge in [0.05, 0.1) is 0 Å². The van der Waals surface area contributed by atoms with E-state index in [0.717, 1.165) is 18.8 Å². The normalized spacial score (nSPS) is 24.3. The van der Waals surface area contributed by atoms with E-state index in [2.05, 4.69) is 36.0 Å². The van der Waals surface area contributed by atoms with Crippen molar-refractivity contribution >= 4 is 11.8 Å². The van der Waals surface area contributed by atoms with Crippen LogP contribution in [0.15, 0.2) is 24.3 Å². The third kappa shape index (κ3) is 3.00. The Morgan fingerprint density at radius 2 is 1.79 bits per heavy atom. The molecule has 2 N–H and O–H groups in total. The van der Waals surface area contributed by atoms with Gasteiger partial charge in [-0.3, -0.25) is 0 Å². The lowest BCUT2D eigenvalue weighted by Crippen LogP contribution is -2.38. The minimum absolute atomic E-state index is 0.0440. The van der Waals surface area contributed by atoms with Gasteiger partial charge in [-0.15, -0.1) is 0 Å². The van der Waals surface area contributed by atoms with Gasteiger partial charge >= 0.3 is 0 Å². The van der Waals surface area contributed by atoms with Crippen molar-refractivity contribution in [3.8, 4) is 0 Å². The highest BCUT2D eigenvalue weighted by molar-refractivity contribution is 7.99. The summed E-state index contributed by atoms with van der Waals surface area (Å²) >= 11 is 2.10. The van der Waals surface area contributed by atoms with E-state index in [1.807, 2.05) is 0 Å². The van der Waals surface area contributed by atoms with Gasteiger partial charge in [-0.1, -0.05) is 43.5 Å². The van der Waals surface area contributed by atoms with E-state index in [-0.39, 0.29) is 5.54 Å². The Kier molecular flexibility index (Phi) is 4.18. The summed E-state index contributed by atoms with van der Waals surface area (Å²) in [7, 11) is 0. The first-order chi connectivity index (χ1) is 9.28. The largest absolute Gasteiger partial charge is 0.321 e. The predicted molar refractivity (Wildman–Crippen MR) is 84.7 cm³/mol. The quantitative estimate of drug-likeness (QED) is 0.865. The standard InChI is InChI=1S/C17H25NS/c18-17(9-2-1-3-10-17)16-6-4-5-15(13-16)14-7-11-19-12-8-14/h4-6,13-14H,1-3,7-12,18H2. The van der Waals surface area contributed by atoms with Crippen LogP contribution in [0.2, 0.25) is 0 Å². The van der Waals surface area contributed by atoms with Crippen molar-refractivity contribution in [2.75, 3.05) is 11.5 Å². The van der Waals surface area contributed by atoms with Crippen molar-refractivity contribution in [3.05, 3.63) is 35.4 Å². The third-order valence-electron chi connectivity index (χ3n) is 4.90. The molecule has 1 nitrogen and oxygen atoms in total. The second kappa shape index (κ2) is 5.88. The molecule has 1 aliphatic heterocycles. The van der Waals surface area contributed by atoms with Gasteiger partial charge in [-0.05, 0) is 54.2 Å². The molecule has 2 aliphatic rings. The van der Waals surface area contributed by atoms with Gasteiger partial charge in [0.1, 0.15) is 0 Å². The smallest absolute Gasteiger partial charge is 0.0409 e. The lowest BCUT2D eigenvalue weighted by molar-refractivity contribution is 0.302. The highest BCUT2D eigenvalue weighted by Crippen LogP contribution is 2.37. The summed E-state index contributed by atoms with van der Waals surface area (Å²) in [5.41, 5.74) is 9.56. The fourth-order valence-electron chi connectivity index (χ4n) is 3.60. The van der Waals surface area contributed by atoms with Gasteiger partial charge in [-0.2, -0.15) is 11.8 Å². The summed E-state index contributed by atoms with van der Waals surface area (Å²) in [6, 6.07) is 9.23. The van der Waals surface area contributed by atoms with E-state index < -0.39 is 0 Å². The van der Waals surface area contributed by atoms with Crippen LogP contribution >= 0.6 is 11.8 Å². The van der Waals surface area contributed by atoms with E-state index in [9.17, 15) is 0 Å². The van der Waals surface area contributed by atoms with E-state index in [4.69, 9.17) is 5.73 Å². The number of thioether (sulfide) groups is 1. The lowest BCUT2D eigenvalue weighted by atomic mass is 9.76. The monoisotopic (exact) mass is 275 g/mol. The zero-order valence-corrected chi connectivity index (χ0v) is 12.6. The van der Waals surface area contributed by atoms with Crippen LogP contribution in [0.25, 0.3) is 0 Å². The number of hydrogen-bond acceptors (Lipinski definition) is 2. The Morgan fingerprint density at radius 1 is 1.05 bits per heavy atom. The highest BCUT2D eigenvalue weighted by atomic mass is 32.2. The molecule has 0 aromatic heterocycles. The van der Waals surface area contributed by atoms with Crippen LogP contribution < -0.4 is 5.73 Å². The summed E-state index contributed by atoms with van der Waals surface area (Å²) in [4.78, 5) is 0. The van der Waals surface area contributed by atoms with Gasteiger partial charge in [-0.25, -0.2) is 0 Å². The Labute approximate surface area is 121 Å². The Bertz CT molecular complexity index is 417. The lowest BCUT2D eigenvalue weighted by Gasteiger charge is -2.34. The van der Waals surface area contributed by atoms with Crippen molar-refractivity contribution in [3.63, 3.8) is 0 Å². The molecule has 3 rings (SSSR count). The Morgan fingerprint density at radius 3 is 2.53 bits per heavy atom. The average Bonchev–Trinajstić information content (AvgIpc) is 2.49. The van der Waals surface area contributed by atoms with Crippen LogP contribution in [0.5, 0.6) is 0 Å². The number of rotatable bonds is 2. The fourth-order valence-corrected chi connectivity index (χ4v) is 4.71. The maximum atomic E-state index is 6.67. The van der Waals surface area contributed by atoms with E-state index >= 15 is 0 Å². The third-order valence-corrected chi connectivity index (χ3v) is 5.95. The predicted octanol–water partition coefficient (Wildman–Crippen LogP) is 4.42. The topological polar surface area (TPSA) is 26.0 Å². The average molecular weight is 275 g/mol. The van der Waals surface area contributed by atoms with Crippen LogP contribution in [0, 0.1) is 0 Å². The molecule has 0 unspecified atom stereocenters.